The van der Waals surface area contributed by atoms with Gasteiger partial charge in [-0.1, -0.05) is 6.92 Å². The average Bonchev–Trinajstić information content (AvgIpc) is 1.63. The molecular weight excluding hydrogens is 134 g/mol. The molecule has 54 valence electrons. The van der Waals surface area contributed by atoms with Crippen LogP contribution in [0.25, 0.3) is 0 Å². The molecule has 3 heteroatoms. The van der Waals surface area contributed by atoms with Gasteiger partial charge < -0.3 is 5.73 Å². The van der Waals surface area contributed by atoms with Gasteiger partial charge in [-0.05, 0) is 18.1 Å². The van der Waals surface area contributed by atoms with Crippen molar-refractivity contribution >= 4 is 18.5 Å². The van der Waals surface area contributed by atoms with Gasteiger partial charge in [0.15, 0.2) is 0 Å². The monoisotopic (exact) mass is 147 g/mol. The third-order valence-corrected chi connectivity index (χ3v) is 1.43. The average molecular weight is 147 g/mol. The van der Waals surface area contributed by atoms with Crippen LogP contribution < -0.4 is 5.73 Å². The molecule has 0 saturated heterocycles. The number of amides is 1. The molecule has 1 unspecified atom stereocenters. The predicted octanol–water partition coefficient (Wildman–Crippen LogP) is 0.818. The minimum atomic E-state index is -0.218. The molecular formula is C6H13NOS. The van der Waals surface area contributed by atoms with Crippen LogP contribution in [0.2, 0.25) is 0 Å². The molecule has 1 atom stereocenters. The minimum absolute atomic E-state index is 0.218. The van der Waals surface area contributed by atoms with Gasteiger partial charge in [0, 0.05) is 6.42 Å². The molecule has 9 heavy (non-hydrogen) atoms. The van der Waals surface area contributed by atoms with E-state index in [1.54, 1.807) is 0 Å². The maximum absolute atomic E-state index is 10.3. The summed E-state index contributed by atoms with van der Waals surface area (Å²) in [4.78, 5) is 10.3. The second-order valence-corrected chi connectivity index (χ2v) is 2.74. The van der Waals surface area contributed by atoms with E-state index in [4.69, 9.17) is 5.73 Å². The van der Waals surface area contributed by atoms with Gasteiger partial charge >= 0.3 is 0 Å². The molecule has 1 amide bonds. The Balaban J connectivity index is 3.26. The van der Waals surface area contributed by atoms with Gasteiger partial charge in [-0.3, -0.25) is 4.79 Å². The second kappa shape index (κ2) is 4.68. The summed E-state index contributed by atoms with van der Waals surface area (Å²) in [5, 5.41) is 0. The lowest BCUT2D eigenvalue weighted by Gasteiger charge is -2.04. The lowest BCUT2D eigenvalue weighted by molar-refractivity contribution is -0.118. The summed E-state index contributed by atoms with van der Waals surface area (Å²) in [6.07, 6.45) is 1.45. The first-order valence-electron chi connectivity index (χ1n) is 3.06. The Bertz CT molecular complexity index is 95.1. The van der Waals surface area contributed by atoms with E-state index >= 15 is 0 Å². The van der Waals surface area contributed by atoms with Crippen molar-refractivity contribution in [3.63, 3.8) is 0 Å². The van der Waals surface area contributed by atoms with Crippen molar-refractivity contribution in [1.29, 1.82) is 0 Å². The van der Waals surface area contributed by atoms with Gasteiger partial charge in [0.1, 0.15) is 0 Å². The molecule has 0 rings (SSSR count). The molecule has 0 aliphatic rings. The number of nitrogens with two attached hydrogens (primary N) is 1. The molecule has 0 bridgehead atoms. The second-order valence-electron chi connectivity index (χ2n) is 2.29. The van der Waals surface area contributed by atoms with Gasteiger partial charge in [-0.15, -0.1) is 0 Å². The minimum Gasteiger partial charge on any atom is -0.370 e. The fourth-order valence-electron chi connectivity index (χ4n) is 0.666. The fourth-order valence-corrected chi connectivity index (χ4v) is 1.11. The number of carbonyl (C=O) groups excluding carboxylic acids is 1. The Morgan fingerprint density at radius 2 is 2.33 bits per heavy atom. The number of rotatable bonds is 4. The highest BCUT2D eigenvalue weighted by molar-refractivity contribution is 7.80. The van der Waals surface area contributed by atoms with Gasteiger partial charge in [0.2, 0.25) is 5.91 Å². The highest BCUT2D eigenvalue weighted by Gasteiger charge is 2.03. The van der Waals surface area contributed by atoms with Crippen molar-refractivity contribution in [3.05, 3.63) is 0 Å². The summed E-state index contributed by atoms with van der Waals surface area (Å²) >= 11 is 4.03. The van der Waals surface area contributed by atoms with Crippen molar-refractivity contribution in [2.45, 2.75) is 19.8 Å². The molecule has 2 N–H and O–H groups in total. The summed E-state index contributed by atoms with van der Waals surface area (Å²) in [6.45, 7) is 2.00. The van der Waals surface area contributed by atoms with E-state index < -0.39 is 0 Å². The maximum Gasteiger partial charge on any atom is 0.217 e. The van der Waals surface area contributed by atoms with Crippen LogP contribution in [-0.4, -0.2) is 11.7 Å². The molecule has 0 radical (unpaired) electrons. The first kappa shape index (κ1) is 8.82. The van der Waals surface area contributed by atoms with Crippen molar-refractivity contribution < 1.29 is 4.79 Å². The van der Waals surface area contributed by atoms with Crippen LogP contribution in [0.5, 0.6) is 0 Å². The van der Waals surface area contributed by atoms with Gasteiger partial charge in [-0.2, -0.15) is 12.6 Å². The Morgan fingerprint density at radius 1 is 1.78 bits per heavy atom. The quantitative estimate of drug-likeness (QED) is 0.568. The predicted molar refractivity (Wildman–Crippen MR) is 41.4 cm³/mol. The lowest BCUT2D eigenvalue weighted by atomic mass is 10.1. The van der Waals surface area contributed by atoms with Gasteiger partial charge in [0.05, 0.1) is 0 Å². The van der Waals surface area contributed by atoms with Crippen LogP contribution in [0, 0.1) is 5.92 Å². The normalized spacial score (nSPS) is 13.1. The van der Waals surface area contributed by atoms with Gasteiger partial charge in [-0.25, -0.2) is 0 Å². The van der Waals surface area contributed by atoms with E-state index in [0.717, 1.165) is 12.2 Å². The smallest absolute Gasteiger partial charge is 0.217 e. The molecule has 0 aromatic carbocycles. The SMILES string of the molecule is CC(CCS)CC(N)=O. The van der Waals surface area contributed by atoms with E-state index in [-0.39, 0.29) is 5.91 Å². The van der Waals surface area contributed by atoms with Crippen molar-refractivity contribution in [2.24, 2.45) is 11.7 Å². The molecule has 0 aliphatic heterocycles. The zero-order valence-corrected chi connectivity index (χ0v) is 6.53. The first-order chi connectivity index (χ1) is 4.16. The number of thiol groups is 1. The number of primary amides is 1. The summed E-state index contributed by atoms with van der Waals surface area (Å²) in [6, 6.07) is 0. The fraction of sp³-hybridized carbons (Fsp3) is 0.833. The zero-order chi connectivity index (χ0) is 7.28. The molecule has 0 aromatic heterocycles. The number of carbonyl (C=O) groups is 1. The summed E-state index contributed by atoms with van der Waals surface area (Å²) in [5.41, 5.74) is 4.96. The standard InChI is InChI=1S/C6H13NOS/c1-5(2-3-9)4-6(7)8/h5,9H,2-4H2,1H3,(H2,7,8). The molecule has 0 spiro atoms. The Hall–Kier alpha value is -0.180. The summed E-state index contributed by atoms with van der Waals surface area (Å²) in [5.74, 6) is 0.998. The molecule has 0 saturated carbocycles. The molecule has 2 nitrogen and oxygen atoms in total. The highest BCUT2D eigenvalue weighted by Crippen LogP contribution is 2.06. The van der Waals surface area contributed by atoms with E-state index in [1.807, 2.05) is 6.92 Å². The first-order valence-corrected chi connectivity index (χ1v) is 3.69. The molecule has 0 fully saturated rings. The van der Waals surface area contributed by atoms with Crippen LogP contribution in [0.1, 0.15) is 19.8 Å². The third-order valence-electron chi connectivity index (χ3n) is 1.17. The third kappa shape index (κ3) is 5.69. The molecule has 0 aliphatic carbocycles. The Labute approximate surface area is 61.2 Å². The van der Waals surface area contributed by atoms with E-state index in [1.165, 1.54) is 0 Å². The van der Waals surface area contributed by atoms with Crippen molar-refractivity contribution in [2.75, 3.05) is 5.75 Å². The number of hydrogen-bond donors (Lipinski definition) is 2. The topological polar surface area (TPSA) is 43.1 Å². The lowest BCUT2D eigenvalue weighted by Crippen LogP contribution is -2.14. The number of hydrogen-bond acceptors (Lipinski definition) is 2. The van der Waals surface area contributed by atoms with Crippen LogP contribution in [-0.2, 0) is 4.79 Å². The summed E-state index contributed by atoms with van der Waals surface area (Å²) in [7, 11) is 0. The van der Waals surface area contributed by atoms with Crippen LogP contribution in [0.4, 0.5) is 0 Å². The zero-order valence-electron chi connectivity index (χ0n) is 5.63. The van der Waals surface area contributed by atoms with Crippen LogP contribution >= 0.6 is 12.6 Å². The molecule has 0 heterocycles. The highest BCUT2D eigenvalue weighted by atomic mass is 32.1. The van der Waals surface area contributed by atoms with Crippen LogP contribution in [0.15, 0.2) is 0 Å². The van der Waals surface area contributed by atoms with Crippen molar-refractivity contribution in [1.82, 2.24) is 0 Å². The Morgan fingerprint density at radius 3 is 2.67 bits per heavy atom. The summed E-state index contributed by atoms with van der Waals surface area (Å²) < 4.78 is 0. The van der Waals surface area contributed by atoms with Crippen molar-refractivity contribution in [3.8, 4) is 0 Å². The van der Waals surface area contributed by atoms with E-state index in [9.17, 15) is 4.79 Å². The molecule has 0 aromatic rings. The van der Waals surface area contributed by atoms with Crippen LogP contribution in [0.3, 0.4) is 0 Å². The largest absolute Gasteiger partial charge is 0.370 e. The van der Waals surface area contributed by atoms with E-state index in [2.05, 4.69) is 12.6 Å². The van der Waals surface area contributed by atoms with Gasteiger partial charge in [0.25, 0.3) is 0 Å². The van der Waals surface area contributed by atoms with E-state index in [0.29, 0.717) is 12.3 Å². The Kier molecular flexibility index (Phi) is 4.58. The maximum atomic E-state index is 10.3.